The SMILES string of the molecule is Cc1cc(N2CCOC[C@](O)(CN3CCCC3)C2)nc(-c2ccccc2)n1. The number of likely N-dealkylation sites (tertiary alicyclic amines) is 1. The number of hydrogen-bond donors (Lipinski definition) is 1. The molecular weight excluding hydrogens is 340 g/mol. The first kappa shape index (κ1) is 18.3. The van der Waals surface area contributed by atoms with Gasteiger partial charge in [-0.3, -0.25) is 0 Å². The average Bonchev–Trinajstić information content (AvgIpc) is 3.09. The first-order chi connectivity index (χ1) is 13.1. The summed E-state index contributed by atoms with van der Waals surface area (Å²) in [6.07, 6.45) is 2.43. The van der Waals surface area contributed by atoms with E-state index in [0.29, 0.717) is 32.8 Å². The maximum Gasteiger partial charge on any atom is 0.161 e. The largest absolute Gasteiger partial charge is 0.384 e. The summed E-state index contributed by atoms with van der Waals surface area (Å²) < 4.78 is 5.76. The van der Waals surface area contributed by atoms with E-state index in [2.05, 4.69) is 14.8 Å². The molecular formula is C21H28N4O2. The van der Waals surface area contributed by atoms with E-state index in [-0.39, 0.29) is 0 Å². The molecule has 2 aromatic rings. The first-order valence-corrected chi connectivity index (χ1v) is 9.80. The number of hydrogen-bond acceptors (Lipinski definition) is 6. The van der Waals surface area contributed by atoms with Gasteiger partial charge in [0.1, 0.15) is 11.4 Å². The molecule has 0 saturated carbocycles. The zero-order chi connectivity index (χ0) is 18.7. The fourth-order valence-electron chi connectivity index (χ4n) is 4.00. The summed E-state index contributed by atoms with van der Waals surface area (Å²) in [7, 11) is 0. The van der Waals surface area contributed by atoms with E-state index >= 15 is 0 Å². The predicted octanol–water partition coefficient (Wildman–Crippen LogP) is 2.12. The number of aryl methyl sites for hydroxylation is 1. The van der Waals surface area contributed by atoms with E-state index in [1.165, 1.54) is 12.8 Å². The van der Waals surface area contributed by atoms with Crippen molar-refractivity contribution >= 4 is 5.82 Å². The van der Waals surface area contributed by atoms with E-state index < -0.39 is 5.60 Å². The highest BCUT2D eigenvalue weighted by Gasteiger charge is 2.35. The normalized spacial score (nSPS) is 24.1. The van der Waals surface area contributed by atoms with E-state index in [1.54, 1.807) is 0 Å². The Morgan fingerprint density at radius 2 is 1.89 bits per heavy atom. The Morgan fingerprint density at radius 1 is 1.11 bits per heavy atom. The second kappa shape index (κ2) is 7.92. The van der Waals surface area contributed by atoms with Crippen molar-refractivity contribution in [3.05, 3.63) is 42.1 Å². The van der Waals surface area contributed by atoms with Gasteiger partial charge in [-0.15, -0.1) is 0 Å². The summed E-state index contributed by atoms with van der Waals surface area (Å²) in [5, 5.41) is 11.2. The highest BCUT2D eigenvalue weighted by molar-refractivity contribution is 5.58. The van der Waals surface area contributed by atoms with Gasteiger partial charge in [-0.1, -0.05) is 30.3 Å². The lowest BCUT2D eigenvalue weighted by atomic mass is 10.0. The molecule has 144 valence electrons. The van der Waals surface area contributed by atoms with Gasteiger partial charge in [0, 0.05) is 30.4 Å². The molecule has 1 atom stereocenters. The number of β-amino-alcohol motifs (C(OH)–C–C–N with tert-alkyl or cyclic N) is 1. The lowest BCUT2D eigenvalue weighted by molar-refractivity contribution is -0.0439. The van der Waals surface area contributed by atoms with Gasteiger partial charge in [0.25, 0.3) is 0 Å². The fraction of sp³-hybridized carbons (Fsp3) is 0.524. The highest BCUT2D eigenvalue weighted by atomic mass is 16.5. The van der Waals surface area contributed by atoms with E-state index in [4.69, 9.17) is 9.72 Å². The smallest absolute Gasteiger partial charge is 0.161 e. The highest BCUT2D eigenvalue weighted by Crippen LogP contribution is 2.24. The van der Waals surface area contributed by atoms with Crippen molar-refractivity contribution in [2.75, 3.05) is 50.8 Å². The summed E-state index contributed by atoms with van der Waals surface area (Å²) in [5.74, 6) is 1.57. The minimum absolute atomic E-state index is 0.371. The second-order valence-electron chi connectivity index (χ2n) is 7.74. The van der Waals surface area contributed by atoms with E-state index in [9.17, 15) is 5.11 Å². The van der Waals surface area contributed by atoms with Crippen LogP contribution in [0.3, 0.4) is 0 Å². The van der Waals surface area contributed by atoms with Crippen LogP contribution < -0.4 is 4.90 Å². The Bertz CT molecular complexity index is 764. The van der Waals surface area contributed by atoms with Crippen LogP contribution >= 0.6 is 0 Å². The molecule has 1 aromatic heterocycles. The van der Waals surface area contributed by atoms with Gasteiger partial charge >= 0.3 is 0 Å². The molecule has 2 fully saturated rings. The molecule has 2 aliphatic rings. The monoisotopic (exact) mass is 368 g/mol. The number of benzene rings is 1. The zero-order valence-electron chi connectivity index (χ0n) is 16.0. The third-order valence-electron chi connectivity index (χ3n) is 5.27. The van der Waals surface area contributed by atoms with Crippen LogP contribution in [0, 0.1) is 6.92 Å². The van der Waals surface area contributed by atoms with Crippen molar-refractivity contribution < 1.29 is 9.84 Å². The number of rotatable bonds is 4. The van der Waals surface area contributed by atoms with Crippen LogP contribution in [-0.2, 0) is 4.74 Å². The van der Waals surface area contributed by atoms with Crippen molar-refractivity contribution in [3.63, 3.8) is 0 Å². The summed E-state index contributed by atoms with van der Waals surface area (Å²) in [4.78, 5) is 13.9. The number of aromatic nitrogens is 2. The van der Waals surface area contributed by atoms with Crippen LogP contribution in [0.5, 0.6) is 0 Å². The Kier molecular flexibility index (Phi) is 5.38. The second-order valence-corrected chi connectivity index (χ2v) is 7.74. The molecule has 27 heavy (non-hydrogen) atoms. The van der Waals surface area contributed by atoms with Crippen molar-refractivity contribution in [3.8, 4) is 11.4 Å². The Labute approximate surface area is 160 Å². The zero-order valence-corrected chi connectivity index (χ0v) is 16.0. The average molecular weight is 368 g/mol. The molecule has 3 heterocycles. The molecule has 2 saturated heterocycles. The van der Waals surface area contributed by atoms with Gasteiger partial charge in [0.2, 0.25) is 0 Å². The van der Waals surface area contributed by atoms with Crippen molar-refractivity contribution in [1.29, 1.82) is 0 Å². The van der Waals surface area contributed by atoms with Gasteiger partial charge in [-0.05, 0) is 32.9 Å². The predicted molar refractivity (Wildman–Crippen MR) is 106 cm³/mol. The molecule has 0 radical (unpaired) electrons. The van der Waals surface area contributed by atoms with Crippen LogP contribution in [-0.4, -0.2) is 71.5 Å². The Hall–Kier alpha value is -2.02. The number of anilines is 1. The van der Waals surface area contributed by atoms with Crippen molar-refractivity contribution in [1.82, 2.24) is 14.9 Å². The van der Waals surface area contributed by atoms with E-state index in [0.717, 1.165) is 36.0 Å². The number of nitrogens with zero attached hydrogens (tertiary/aromatic N) is 4. The number of ether oxygens (including phenoxy) is 1. The maximum absolute atomic E-state index is 11.2. The molecule has 6 heteroatoms. The van der Waals surface area contributed by atoms with Crippen molar-refractivity contribution in [2.24, 2.45) is 0 Å². The standard InChI is InChI=1S/C21H28N4O2/c1-17-13-19(23-20(22-17)18-7-3-2-4-8-18)25-11-12-27-16-21(26,15-25)14-24-9-5-6-10-24/h2-4,7-8,13,26H,5-6,9-12,14-16H2,1H3/t21-/m0/s1. The van der Waals surface area contributed by atoms with Gasteiger partial charge in [-0.25, -0.2) is 9.97 Å². The topological polar surface area (TPSA) is 61.7 Å². The minimum Gasteiger partial charge on any atom is -0.384 e. The molecule has 0 aliphatic carbocycles. The van der Waals surface area contributed by atoms with Gasteiger partial charge in [-0.2, -0.15) is 0 Å². The summed E-state index contributed by atoms with van der Waals surface area (Å²) in [6.45, 7) is 6.96. The van der Waals surface area contributed by atoms with Gasteiger partial charge in [0.15, 0.2) is 5.82 Å². The molecule has 1 aromatic carbocycles. The van der Waals surface area contributed by atoms with Gasteiger partial charge in [0.05, 0.1) is 19.8 Å². The molecule has 0 spiro atoms. The first-order valence-electron chi connectivity index (χ1n) is 9.80. The molecule has 4 rings (SSSR count). The molecule has 6 nitrogen and oxygen atoms in total. The molecule has 0 bridgehead atoms. The molecule has 2 aliphatic heterocycles. The summed E-state index contributed by atoms with van der Waals surface area (Å²) in [5.41, 5.74) is 1.04. The lowest BCUT2D eigenvalue weighted by Gasteiger charge is -2.34. The van der Waals surface area contributed by atoms with Crippen LogP contribution in [0.2, 0.25) is 0 Å². The molecule has 1 N–H and O–H groups in total. The van der Waals surface area contributed by atoms with E-state index in [1.807, 2.05) is 43.3 Å². The quantitative estimate of drug-likeness (QED) is 0.892. The minimum atomic E-state index is -0.882. The maximum atomic E-state index is 11.2. The molecule has 0 unspecified atom stereocenters. The third kappa shape index (κ3) is 4.46. The summed E-state index contributed by atoms with van der Waals surface area (Å²) in [6, 6.07) is 12.0. The van der Waals surface area contributed by atoms with Crippen LogP contribution in [0.4, 0.5) is 5.82 Å². The lowest BCUT2D eigenvalue weighted by Crippen LogP contribution is -2.52. The number of aliphatic hydroxyl groups is 1. The Morgan fingerprint density at radius 3 is 2.67 bits per heavy atom. The van der Waals surface area contributed by atoms with Crippen LogP contribution in [0.25, 0.3) is 11.4 Å². The fourth-order valence-corrected chi connectivity index (χ4v) is 4.00. The van der Waals surface area contributed by atoms with Crippen molar-refractivity contribution in [2.45, 2.75) is 25.4 Å². The third-order valence-corrected chi connectivity index (χ3v) is 5.27. The van der Waals surface area contributed by atoms with Crippen LogP contribution in [0.1, 0.15) is 18.5 Å². The summed E-state index contributed by atoms with van der Waals surface area (Å²) >= 11 is 0. The molecule has 0 amide bonds. The van der Waals surface area contributed by atoms with Crippen LogP contribution in [0.15, 0.2) is 36.4 Å². The Balaban J connectivity index is 1.58. The van der Waals surface area contributed by atoms with Gasteiger partial charge < -0.3 is 19.6 Å².